The summed E-state index contributed by atoms with van der Waals surface area (Å²) in [5.74, 6) is 1.89. The van der Waals surface area contributed by atoms with E-state index in [-0.39, 0.29) is 5.91 Å². The molecule has 1 amide bonds. The van der Waals surface area contributed by atoms with Crippen molar-refractivity contribution in [2.45, 2.75) is 25.6 Å². The molecule has 0 spiro atoms. The van der Waals surface area contributed by atoms with Crippen LogP contribution in [-0.4, -0.2) is 35.7 Å². The normalized spacial score (nSPS) is 10.5. The zero-order chi connectivity index (χ0) is 16.1. The van der Waals surface area contributed by atoms with Gasteiger partial charge in [-0.3, -0.25) is 4.79 Å². The number of carbonyl (C=O) groups excluding carboxylic acids is 1. The topological polar surface area (TPSA) is 55.6 Å². The van der Waals surface area contributed by atoms with E-state index in [1.54, 1.807) is 19.1 Å². The number of ether oxygens (including phenoxy) is 1. The molecule has 0 saturated carbocycles. The van der Waals surface area contributed by atoms with Crippen LogP contribution in [0.25, 0.3) is 0 Å². The Kier molecular flexibility index (Phi) is 5.49. The Morgan fingerprint density at radius 3 is 2.73 bits per heavy atom. The van der Waals surface area contributed by atoms with Crippen LogP contribution in [0.4, 0.5) is 0 Å². The molecule has 118 valence electrons. The lowest BCUT2D eigenvalue weighted by Gasteiger charge is -2.18. The molecule has 1 aromatic heterocycles. The smallest absolute Gasteiger partial charge is 0.256 e. The van der Waals surface area contributed by atoms with E-state index in [2.05, 4.69) is 4.98 Å². The Morgan fingerprint density at radius 2 is 2.09 bits per heavy atom. The number of carbonyl (C=O) groups is 1. The van der Waals surface area contributed by atoms with Crippen molar-refractivity contribution < 1.29 is 13.9 Å². The second-order valence-electron chi connectivity index (χ2n) is 4.97. The van der Waals surface area contributed by atoms with Gasteiger partial charge in [-0.05, 0) is 19.9 Å². The third-order valence-corrected chi connectivity index (χ3v) is 4.17. The maximum atomic E-state index is 12.2. The number of amides is 1. The number of nitrogens with zero attached hydrogens (tertiary/aromatic N) is 2. The minimum Gasteiger partial charge on any atom is -0.496 e. The van der Waals surface area contributed by atoms with E-state index in [0.717, 1.165) is 22.8 Å². The highest BCUT2D eigenvalue weighted by Gasteiger charge is 2.14. The minimum absolute atomic E-state index is 0.0180. The predicted octanol–water partition coefficient (Wildman–Crippen LogP) is 3.05. The van der Waals surface area contributed by atoms with Gasteiger partial charge in [0.2, 0.25) is 5.91 Å². The second kappa shape index (κ2) is 7.35. The van der Waals surface area contributed by atoms with E-state index in [1.165, 1.54) is 11.8 Å². The summed E-state index contributed by atoms with van der Waals surface area (Å²) in [5.41, 5.74) is 1.84. The van der Waals surface area contributed by atoms with E-state index in [1.807, 2.05) is 38.1 Å². The average molecular weight is 320 g/mol. The molecule has 22 heavy (non-hydrogen) atoms. The van der Waals surface area contributed by atoms with Crippen LogP contribution in [0.1, 0.15) is 17.0 Å². The molecule has 0 radical (unpaired) electrons. The van der Waals surface area contributed by atoms with Crippen molar-refractivity contribution in [2.75, 3.05) is 19.9 Å². The molecule has 2 rings (SSSR count). The van der Waals surface area contributed by atoms with Crippen LogP contribution in [-0.2, 0) is 11.3 Å². The standard InChI is InChI=1S/C16H20N2O3S/c1-11-12(2)21-16(17-11)22-10-15(19)18(3)9-13-7-5-6-8-14(13)20-4/h5-8H,9-10H2,1-4H3. The highest BCUT2D eigenvalue weighted by atomic mass is 32.2. The van der Waals surface area contributed by atoms with Crippen molar-refractivity contribution in [3.8, 4) is 5.75 Å². The Morgan fingerprint density at radius 1 is 1.36 bits per heavy atom. The molecular weight excluding hydrogens is 300 g/mol. The lowest BCUT2D eigenvalue weighted by atomic mass is 10.2. The first-order valence-electron chi connectivity index (χ1n) is 6.94. The molecule has 1 heterocycles. The summed E-state index contributed by atoms with van der Waals surface area (Å²) < 4.78 is 10.8. The fraction of sp³-hybridized carbons (Fsp3) is 0.375. The SMILES string of the molecule is COc1ccccc1CN(C)C(=O)CSc1nc(C)c(C)o1. The second-order valence-corrected chi connectivity index (χ2v) is 5.90. The number of para-hydroxylation sites is 1. The molecular formula is C16H20N2O3S. The van der Waals surface area contributed by atoms with Gasteiger partial charge < -0.3 is 14.1 Å². The molecule has 0 unspecified atom stereocenters. The van der Waals surface area contributed by atoms with Crippen LogP contribution in [0.2, 0.25) is 0 Å². The predicted molar refractivity (Wildman–Crippen MR) is 86.2 cm³/mol. The summed E-state index contributed by atoms with van der Waals surface area (Å²) >= 11 is 1.31. The fourth-order valence-corrected chi connectivity index (χ4v) is 2.77. The fourth-order valence-electron chi connectivity index (χ4n) is 1.92. The van der Waals surface area contributed by atoms with Crippen LogP contribution < -0.4 is 4.74 Å². The minimum atomic E-state index is 0.0180. The summed E-state index contributed by atoms with van der Waals surface area (Å²) in [7, 11) is 3.41. The molecule has 0 saturated heterocycles. The monoisotopic (exact) mass is 320 g/mol. The molecule has 1 aromatic carbocycles. The van der Waals surface area contributed by atoms with Gasteiger partial charge in [0.1, 0.15) is 11.5 Å². The number of hydrogen-bond acceptors (Lipinski definition) is 5. The maximum Gasteiger partial charge on any atom is 0.256 e. The van der Waals surface area contributed by atoms with E-state index < -0.39 is 0 Å². The van der Waals surface area contributed by atoms with Gasteiger partial charge >= 0.3 is 0 Å². The van der Waals surface area contributed by atoms with Crippen molar-refractivity contribution in [1.29, 1.82) is 0 Å². The van der Waals surface area contributed by atoms with Crippen LogP contribution >= 0.6 is 11.8 Å². The number of thioether (sulfide) groups is 1. The number of rotatable bonds is 6. The van der Waals surface area contributed by atoms with Gasteiger partial charge in [-0.2, -0.15) is 0 Å². The summed E-state index contributed by atoms with van der Waals surface area (Å²) in [6.07, 6.45) is 0. The van der Waals surface area contributed by atoms with Crippen molar-refractivity contribution in [1.82, 2.24) is 9.88 Å². The largest absolute Gasteiger partial charge is 0.496 e. The van der Waals surface area contributed by atoms with Crippen molar-refractivity contribution in [3.63, 3.8) is 0 Å². The van der Waals surface area contributed by atoms with Gasteiger partial charge in [-0.15, -0.1) is 0 Å². The van der Waals surface area contributed by atoms with Crippen molar-refractivity contribution >= 4 is 17.7 Å². The Hall–Kier alpha value is -1.95. The van der Waals surface area contributed by atoms with Crippen molar-refractivity contribution in [3.05, 3.63) is 41.3 Å². The van der Waals surface area contributed by atoms with Gasteiger partial charge in [-0.25, -0.2) is 4.98 Å². The Labute approximate surface area is 134 Å². The van der Waals surface area contributed by atoms with Gasteiger partial charge in [-0.1, -0.05) is 30.0 Å². The molecule has 5 nitrogen and oxygen atoms in total. The van der Waals surface area contributed by atoms with Gasteiger partial charge in [0.15, 0.2) is 0 Å². The number of aromatic nitrogens is 1. The highest BCUT2D eigenvalue weighted by Crippen LogP contribution is 2.22. The number of hydrogen-bond donors (Lipinski definition) is 0. The van der Waals surface area contributed by atoms with E-state index in [0.29, 0.717) is 17.5 Å². The first kappa shape index (κ1) is 16.4. The molecule has 0 aliphatic carbocycles. The zero-order valence-electron chi connectivity index (χ0n) is 13.3. The summed E-state index contributed by atoms with van der Waals surface area (Å²) in [4.78, 5) is 18.1. The van der Waals surface area contributed by atoms with Gasteiger partial charge in [0.25, 0.3) is 5.22 Å². The summed E-state index contributed by atoms with van der Waals surface area (Å²) in [6, 6.07) is 7.69. The van der Waals surface area contributed by atoms with Crippen LogP contribution in [0.3, 0.4) is 0 Å². The molecule has 0 bridgehead atoms. The lowest BCUT2D eigenvalue weighted by molar-refractivity contribution is -0.127. The third-order valence-electron chi connectivity index (χ3n) is 3.35. The van der Waals surface area contributed by atoms with Gasteiger partial charge in [0, 0.05) is 19.2 Å². The molecule has 0 aliphatic heterocycles. The van der Waals surface area contributed by atoms with Gasteiger partial charge in [0.05, 0.1) is 18.6 Å². The first-order chi connectivity index (χ1) is 10.5. The molecule has 0 aliphatic rings. The number of methoxy groups -OCH3 is 1. The third kappa shape index (κ3) is 4.04. The summed E-state index contributed by atoms with van der Waals surface area (Å²) in [6.45, 7) is 4.26. The Balaban J connectivity index is 1.92. The zero-order valence-corrected chi connectivity index (χ0v) is 14.1. The lowest BCUT2D eigenvalue weighted by Crippen LogP contribution is -2.28. The van der Waals surface area contributed by atoms with E-state index >= 15 is 0 Å². The van der Waals surface area contributed by atoms with Crippen molar-refractivity contribution in [2.24, 2.45) is 0 Å². The van der Waals surface area contributed by atoms with E-state index in [9.17, 15) is 4.79 Å². The molecule has 0 N–H and O–H groups in total. The molecule has 0 atom stereocenters. The number of benzene rings is 1. The van der Waals surface area contributed by atoms with E-state index in [4.69, 9.17) is 9.15 Å². The Bertz CT molecular complexity index is 635. The summed E-state index contributed by atoms with van der Waals surface area (Å²) in [5, 5.41) is 0.536. The number of oxazole rings is 1. The highest BCUT2D eigenvalue weighted by molar-refractivity contribution is 7.99. The van der Waals surface area contributed by atoms with Crippen LogP contribution in [0, 0.1) is 13.8 Å². The van der Waals surface area contributed by atoms with Crippen LogP contribution in [0.15, 0.2) is 33.9 Å². The number of aryl methyl sites for hydroxylation is 2. The average Bonchev–Trinajstić information content (AvgIpc) is 2.84. The molecule has 6 heteroatoms. The van der Waals surface area contributed by atoms with Crippen LogP contribution in [0.5, 0.6) is 5.75 Å². The molecule has 0 fully saturated rings. The maximum absolute atomic E-state index is 12.2. The first-order valence-corrected chi connectivity index (χ1v) is 7.92. The molecule has 2 aromatic rings. The quantitative estimate of drug-likeness (QED) is 0.766.